The molecule has 0 aromatic heterocycles. The zero-order valence-electron chi connectivity index (χ0n) is 7.43. The summed E-state index contributed by atoms with van der Waals surface area (Å²) in [6.07, 6.45) is 7.85. The Morgan fingerprint density at radius 2 is 2.27 bits per heavy atom. The van der Waals surface area contributed by atoms with Crippen LogP contribution in [0.15, 0.2) is 23.8 Å². The normalized spacial score (nSPS) is 26.7. The molecule has 1 atom stereocenters. The van der Waals surface area contributed by atoms with Crippen LogP contribution in [0.25, 0.3) is 0 Å². The second-order valence-electron chi connectivity index (χ2n) is 2.98. The minimum absolute atomic E-state index is 0.760. The summed E-state index contributed by atoms with van der Waals surface area (Å²) in [4.78, 5) is 0. The number of rotatable bonds is 2. The van der Waals surface area contributed by atoms with Crippen LogP contribution in [0.4, 0.5) is 0 Å². The van der Waals surface area contributed by atoms with Crippen LogP contribution in [-0.4, -0.2) is 13.1 Å². The summed E-state index contributed by atoms with van der Waals surface area (Å²) in [6.45, 7) is 6.53. The average molecular weight is 151 g/mol. The molecule has 1 rings (SSSR count). The molecule has 1 unspecified atom stereocenters. The van der Waals surface area contributed by atoms with E-state index in [0.29, 0.717) is 0 Å². The van der Waals surface area contributed by atoms with Gasteiger partial charge in [-0.05, 0) is 38.3 Å². The molecule has 1 heteroatoms. The van der Waals surface area contributed by atoms with Gasteiger partial charge in [-0.2, -0.15) is 0 Å². The Morgan fingerprint density at radius 1 is 1.45 bits per heavy atom. The Kier molecular flexibility index (Phi) is 3.37. The Bertz CT molecular complexity index is 162. The quantitative estimate of drug-likeness (QED) is 0.596. The lowest BCUT2D eigenvalue weighted by Crippen LogP contribution is -2.09. The summed E-state index contributed by atoms with van der Waals surface area (Å²) >= 11 is 0. The third-order valence-electron chi connectivity index (χ3n) is 2.22. The first-order chi connectivity index (χ1) is 5.38. The van der Waals surface area contributed by atoms with Gasteiger partial charge in [0.1, 0.15) is 0 Å². The van der Waals surface area contributed by atoms with E-state index in [4.69, 9.17) is 0 Å². The molecule has 1 aliphatic rings. The van der Waals surface area contributed by atoms with Gasteiger partial charge in [0, 0.05) is 6.54 Å². The molecule has 0 radical (unpaired) electrons. The number of hydrogen-bond donors (Lipinski definition) is 1. The summed E-state index contributed by atoms with van der Waals surface area (Å²) in [6, 6.07) is 0. The van der Waals surface area contributed by atoms with Crippen LogP contribution in [-0.2, 0) is 0 Å². The molecule has 0 amide bonds. The van der Waals surface area contributed by atoms with Crippen molar-refractivity contribution in [3.05, 3.63) is 23.8 Å². The summed E-state index contributed by atoms with van der Waals surface area (Å²) < 4.78 is 0. The molecular weight excluding hydrogens is 134 g/mol. The van der Waals surface area contributed by atoms with Gasteiger partial charge in [0.05, 0.1) is 0 Å². The number of allylic oxidation sites excluding steroid dienone is 3. The molecule has 1 fully saturated rings. The minimum atomic E-state index is 0.760. The molecule has 11 heavy (non-hydrogen) atoms. The zero-order chi connectivity index (χ0) is 8.10. The maximum absolute atomic E-state index is 3.37. The van der Waals surface area contributed by atoms with Gasteiger partial charge in [0.2, 0.25) is 0 Å². The highest BCUT2D eigenvalue weighted by Gasteiger charge is 2.15. The molecule has 1 N–H and O–H groups in total. The van der Waals surface area contributed by atoms with Gasteiger partial charge in [-0.25, -0.2) is 0 Å². The van der Waals surface area contributed by atoms with Crippen molar-refractivity contribution in [1.82, 2.24) is 5.32 Å². The van der Waals surface area contributed by atoms with Crippen LogP contribution in [0.1, 0.15) is 20.3 Å². The van der Waals surface area contributed by atoms with Crippen molar-refractivity contribution in [3.63, 3.8) is 0 Å². The van der Waals surface area contributed by atoms with Gasteiger partial charge in [0.25, 0.3) is 0 Å². The van der Waals surface area contributed by atoms with E-state index < -0.39 is 0 Å². The first-order valence-corrected chi connectivity index (χ1v) is 4.38. The van der Waals surface area contributed by atoms with Crippen molar-refractivity contribution in [1.29, 1.82) is 0 Å². The van der Waals surface area contributed by atoms with Crippen LogP contribution in [0.2, 0.25) is 0 Å². The molecule has 0 spiro atoms. The fourth-order valence-corrected chi connectivity index (χ4v) is 1.60. The van der Waals surface area contributed by atoms with Gasteiger partial charge < -0.3 is 5.32 Å². The van der Waals surface area contributed by atoms with Crippen molar-refractivity contribution >= 4 is 0 Å². The third-order valence-corrected chi connectivity index (χ3v) is 2.22. The Morgan fingerprint density at radius 3 is 2.73 bits per heavy atom. The van der Waals surface area contributed by atoms with Gasteiger partial charge in [-0.15, -0.1) is 0 Å². The molecule has 0 aromatic rings. The highest BCUT2D eigenvalue weighted by molar-refractivity contribution is 5.21. The lowest BCUT2D eigenvalue weighted by Gasteiger charge is -2.08. The van der Waals surface area contributed by atoms with E-state index in [1.54, 1.807) is 0 Å². The van der Waals surface area contributed by atoms with Crippen LogP contribution < -0.4 is 5.32 Å². The van der Waals surface area contributed by atoms with Crippen LogP contribution in [0.3, 0.4) is 0 Å². The van der Waals surface area contributed by atoms with E-state index in [0.717, 1.165) is 12.5 Å². The lowest BCUT2D eigenvalue weighted by atomic mass is 9.98. The van der Waals surface area contributed by atoms with E-state index in [-0.39, 0.29) is 0 Å². The van der Waals surface area contributed by atoms with Crippen molar-refractivity contribution in [2.45, 2.75) is 20.3 Å². The second-order valence-corrected chi connectivity index (χ2v) is 2.98. The van der Waals surface area contributed by atoms with Crippen LogP contribution in [0, 0.1) is 5.92 Å². The number of nitrogens with one attached hydrogen (secondary N) is 1. The molecule has 1 heterocycles. The van der Waals surface area contributed by atoms with E-state index in [1.807, 2.05) is 0 Å². The fourth-order valence-electron chi connectivity index (χ4n) is 1.60. The van der Waals surface area contributed by atoms with Crippen LogP contribution >= 0.6 is 0 Å². The molecule has 1 aliphatic heterocycles. The summed E-state index contributed by atoms with van der Waals surface area (Å²) in [5.41, 5.74) is 1.48. The summed E-state index contributed by atoms with van der Waals surface area (Å²) in [5, 5.41) is 3.37. The van der Waals surface area contributed by atoms with Crippen molar-refractivity contribution in [2.75, 3.05) is 13.1 Å². The van der Waals surface area contributed by atoms with Crippen molar-refractivity contribution < 1.29 is 0 Å². The van der Waals surface area contributed by atoms with Gasteiger partial charge in [-0.3, -0.25) is 0 Å². The second kappa shape index (κ2) is 4.35. The van der Waals surface area contributed by atoms with E-state index in [9.17, 15) is 0 Å². The van der Waals surface area contributed by atoms with Gasteiger partial charge in [-0.1, -0.05) is 18.2 Å². The third kappa shape index (κ3) is 2.19. The van der Waals surface area contributed by atoms with Crippen molar-refractivity contribution in [2.24, 2.45) is 5.92 Å². The Balaban J connectivity index is 2.54. The number of hydrogen-bond acceptors (Lipinski definition) is 1. The van der Waals surface area contributed by atoms with Crippen molar-refractivity contribution in [3.8, 4) is 0 Å². The maximum atomic E-state index is 3.37. The molecule has 1 saturated heterocycles. The molecule has 0 aliphatic carbocycles. The lowest BCUT2D eigenvalue weighted by molar-refractivity contribution is 0.696. The highest BCUT2D eigenvalue weighted by atomic mass is 14.9. The molecule has 0 bridgehead atoms. The topological polar surface area (TPSA) is 12.0 Å². The SMILES string of the molecule is C/C=C\C(=C/C)C1CCNC1. The van der Waals surface area contributed by atoms with E-state index >= 15 is 0 Å². The van der Waals surface area contributed by atoms with Crippen LogP contribution in [0.5, 0.6) is 0 Å². The van der Waals surface area contributed by atoms with E-state index in [2.05, 4.69) is 37.4 Å². The minimum Gasteiger partial charge on any atom is -0.316 e. The Hall–Kier alpha value is -0.560. The van der Waals surface area contributed by atoms with Gasteiger partial charge >= 0.3 is 0 Å². The molecule has 0 aromatic carbocycles. The smallest absolute Gasteiger partial charge is 0.00205 e. The molecular formula is C10H17N. The standard InChI is InChI=1S/C10H17N/c1-3-5-9(4-2)10-6-7-11-8-10/h3-5,10-11H,6-8H2,1-2H3/b5-3-,9-4+. The predicted octanol–water partition coefficient (Wildman–Crippen LogP) is 2.12. The summed E-state index contributed by atoms with van der Waals surface area (Å²) in [7, 11) is 0. The Labute approximate surface area is 69.2 Å². The fraction of sp³-hybridized carbons (Fsp3) is 0.600. The molecule has 1 nitrogen and oxygen atoms in total. The van der Waals surface area contributed by atoms with Gasteiger partial charge in [0.15, 0.2) is 0 Å². The first kappa shape index (κ1) is 8.54. The monoisotopic (exact) mass is 151 g/mol. The van der Waals surface area contributed by atoms with E-state index in [1.165, 1.54) is 18.5 Å². The molecule has 62 valence electrons. The maximum Gasteiger partial charge on any atom is 0.00205 e. The summed E-state index contributed by atoms with van der Waals surface area (Å²) in [5.74, 6) is 0.760. The average Bonchev–Trinajstić information content (AvgIpc) is 2.52. The predicted molar refractivity (Wildman–Crippen MR) is 49.5 cm³/mol. The highest BCUT2D eigenvalue weighted by Crippen LogP contribution is 2.18. The zero-order valence-corrected chi connectivity index (χ0v) is 7.43. The largest absolute Gasteiger partial charge is 0.316 e. The molecule has 0 saturated carbocycles. The first-order valence-electron chi connectivity index (χ1n) is 4.38.